The minimum Gasteiger partial charge on any atom is -0.508 e. The lowest BCUT2D eigenvalue weighted by Crippen LogP contribution is -2.47. The lowest BCUT2D eigenvalue weighted by Gasteiger charge is -2.38. The van der Waals surface area contributed by atoms with E-state index in [1.54, 1.807) is 39.5 Å². The number of halogens is 4. The Morgan fingerprint density at radius 1 is 1.26 bits per heavy atom. The van der Waals surface area contributed by atoms with Crippen LogP contribution in [0.1, 0.15) is 64.6 Å². The lowest BCUT2D eigenvalue weighted by atomic mass is 9.85. The van der Waals surface area contributed by atoms with Crippen LogP contribution in [-0.4, -0.2) is 56.5 Å². The van der Waals surface area contributed by atoms with Crippen molar-refractivity contribution >= 4 is 28.5 Å². The Morgan fingerprint density at radius 2 is 1.86 bits per heavy atom. The number of phenols is 1. The Hall–Kier alpha value is -1.40. The summed E-state index contributed by atoms with van der Waals surface area (Å²) in [5, 5.41) is 9.99. The lowest BCUT2D eigenvalue weighted by molar-refractivity contribution is -0.161. The monoisotopic (exact) mass is 540 g/mol. The number of hydrogen-bond acceptors (Lipinski definition) is 5. The SMILES string of the molecule is CC1(C)OC[C@H](C(=O)N2CCC([C@@H](N[S@@](=O)C(C)(C)C)c3cc(Cl)c(C(F)(F)F)cc3O)CC2)O1. The summed E-state index contributed by atoms with van der Waals surface area (Å²) in [6.07, 6.45) is -4.47. The molecule has 1 amide bonds. The van der Waals surface area contributed by atoms with Crippen molar-refractivity contribution in [3.05, 3.63) is 28.3 Å². The van der Waals surface area contributed by atoms with Crippen LogP contribution in [0.3, 0.4) is 0 Å². The molecule has 35 heavy (non-hydrogen) atoms. The third-order valence-corrected chi connectivity index (χ3v) is 8.05. The van der Waals surface area contributed by atoms with E-state index >= 15 is 0 Å². The van der Waals surface area contributed by atoms with E-state index < -0.39 is 56.2 Å². The Labute approximate surface area is 210 Å². The van der Waals surface area contributed by atoms with Gasteiger partial charge in [-0.25, -0.2) is 8.93 Å². The molecule has 2 fully saturated rings. The maximum absolute atomic E-state index is 13.3. The van der Waals surface area contributed by atoms with Crippen LogP contribution in [0.15, 0.2) is 12.1 Å². The molecule has 1 aromatic rings. The van der Waals surface area contributed by atoms with E-state index in [9.17, 15) is 27.3 Å². The minimum atomic E-state index is -4.73. The van der Waals surface area contributed by atoms with Crippen LogP contribution in [0.25, 0.3) is 0 Å². The minimum absolute atomic E-state index is 0.139. The number of carbonyl (C=O) groups is 1. The number of carbonyl (C=O) groups excluding carboxylic acids is 1. The molecule has 0 spiro atoms. The number of aromatic hydroxyl groups is 1. The zero-order valence-electron chi connectivity index (χ0n) is 20.4. The molecule has 2 heterocycles. The van der Waals surface area contributed by atoms with Crippen molar-refractivity contribution in [3.63, 3.8) is 0 Å². The zero-order valence-corrected chi connectivity index (χ0v) is 21.9. The molecule has 2 aliphatic heterocycles. The Bertz CT molecular complexity index is 975. The van der Waals surface area contributed by atoms with Crippen LogP contribution < -0.4 is 4.72 Å². The zero-order chi connectivity index (χ0) is 26.3. The van der Waals surface area contributed by atoms with Crippen LogP contribution in [0.5, 0.6) is 5.75 Å². The Morgan fingerprint density at radius 3 is 2.34 bits per heavy atom. The highest BCUT2D eigenvalue weighted by molar-refractivity contribution is 7.84. The molecule has 7 nitrogen and oxygen atoms in total. The molecule has 0 saturated carbocycles. The van der Waals surface area contributed by atoms with Gasteiger partial charge in [-0.1, -0.05) is 11.6 Å². The normalized spacial score (nSPS) is 23.3. The van der Waals surface area contributed by atoms with E-state index in [1.165, 1.54) is 0 Å². The van der Waals surface area contributed by atoms with Crippen LogP contribution in [0, 0.1) is 5.92 Å². The van der Waals surface area contributed by atoms with Crippen molar-refractivity contribution in [3.8, 4) is 5.75 Å². The van der Waals surface area contributed by atoms with Crippen molar-refractivity contribution < 1.29 is 36.8 Å². The molecular formula is C23H32ClF3N2O5S. The second-order valence-electron chi connectivity index (χ2n) is 10.3. The predicted octanol–water partition coefficient (Wildman–Crippen LogP) is 4.55. The van der Waals surface area contributed by atoms with Gasteiger partial charge in [0.2, 0.25) is 0 Å². The number of rotatable bonds is 5. The molecule has 3 atom stereocenters. The van der Waals surface area contributed by atoms with Crippen molar-refractivity contribution in [2.75, 3.05) is 19.7 Å². The molecule has 198 valence electrons. The standard InChI is InChI=1S/C23H32ClF3N2O5S/c1-21(2,3)35(32)28-19(14-10-16(24)15(11-17(14)30)23(25,26)27)13-6-8-29(9-7-13)20(31)18-12-33-22(4,5)34-18/h10-11,13,18-19,28,30H,6-9,12H2,1-5H3/t18-,19-,35+/m1/s1. The fraction of sp³-hybridized carbons (Fsp3) is 0.696. The smallest absolute Gasteiger partial charge is 0.417 e. The maximum Gasteiger partial charge on any atom is 0.417 e. The van der Waals surface area contributed by atoms with Gasteiger partial charge in [0, 0.05) is 18.7 Å². The summed E-state index contributed by atoms with van der Waals surface area (Å²) in [4.78, 5) is 14.5. The molecule has 2 aliphatic rings. The van der Waals surface area contributed by atoms with E-state index in [0.29, 0.717) is 32.0 Å². The summed E-state index contributed by atoms with van der Waals surface area (Å²) in [6, 6.07) is 0.946. The summed E-state index contributed by atoms with van der Waals surface area (Å²) >= 11 is 5.94. The number of amides is 1. The van der Waals surface area contributed by atoms with Gasteiger partial charge >= 0.3 is 6.18 Å². The number of hydrogen-bond donors (Lipinski definition) is 2. The third-order valence-electron chi connectivity index (χ3n) is 6.15. The molecule has 0 unspecified atom stereocenters. The fourth-order valence-corrected chi connectivity index (χ4v) is 5.40. The van der Waals surface area contributed by atoms with E-state index in [2.05, 4.69) is 4.72 Å². The largest absolute Gasteiger partial charge is 0.508 e. The highest BCUT2D eigenvalue weighted by atomic mass is 35.5. The number of likely N-dealkylation sites (tertiary alicyclic amines) is 1. The average molecular weight is 541 g/mol. The first kappa shape index (κ1) is 28.2. The highest BCUT2D eigenvalue weighted by Crippen LogP contribution is 2.43. The third kappa shape index (κ3) is 6.68. The maximum atomic E-state index is 13.3. The Balaban J connectivity index is 1.82. The quantitative estimate of drug-likeness (QED) is 0.572. The van der Waals surface area contributed by atoms with E-state index in [0.717, 1.165) is 6.07 Å². The summed E-state index contributed by atoms with van der Waals surface area (Å²) < 4.78 is 66.2. The van der Waals surface area contributed by atoms with Gasteiger partial charge in [0.1, 0.15) is 5.75 Å². The molecule has 0 radical (unpaired) electrons. The molecule has 1 aromatic carbocycles. The first-order valence-corrected chi connectivity index (χ1v) is 12.9. The van der Waals surface area contributed by atoms with Crippen molar-refractivity contribution in [1.82, 2.24) is 9.62 Å². The van der Waals surface area contributed by atoms with E-state index in [4.69, 9.17) is 21.1 Å². The van der Waals surface area contributed by atoms with Gasteiger partial charge in [-0.05, 0) is 65.5 Å². The van der Waals surface area contributed by atoms with Crippen LogP contribution in [0.4, 0.5) is 13.2 Å². The fourth-order valence-electron chi connectivity index (χ4n) is 4.21. The second-order valence-corrected chi connectivity index (χ2v) is 12.8. The van der Waals surface area contributed by atoms with Gasteiger partial charge < -0.3 is 19.5 Å². The van der Waals surface area contributed by atoms with Gasteiger partial charge in [-0.3, -0.25) is 4.79 Å². The van der Waals surface area contributed by atoms with Crippen LogP contribution >= 0.6 is 11.6 Å². The molecule has 0 aromatic heterocycles. The van der Waals surface area contributed by atoms with E-state index in [1.807, 2.05) is 0 Å². The summed E-state index contributed by atoms with van der Waals surface area (Å²) in [5.41, 5.74) is -1.00. The van der Waals surface area contributed by atoms with Crippen LogP contribution in [0.2, 0.25) is 5.02 Å². The molecule has 0 aliphatic carbocycles. The molecule has 3 rings (SSSR count). The number of piperidine rings is 1. The first-order chi connectivity index (χ1) is 16.0. The molecular weight excluding hydrogens is 509 g/mol. The number of alkyl halides is 3. The Kier molecular flexibility index (Phi) is 8.18. The van der Waals surface area contributed by atoms with Gasteiger partial charge in [0.15, 0.2) is 11.9 Å². The van der Waals surface area contributed by atoms with Gasteiger partial charge in [0.05, 0.1) is 39.0 Å². The predicted molar refractivity (Wildman–Crippen MR) is 126 cm³/mol. The van der Waals surface area contributed by atoms with Crippen molar-refractivity contribution in [1.29, 1.82) is 0 Å². The van der Waals surface area contributed by atoms with Gasteiger partial charge in [0.25, 0.3) is 5.91 Å². The second kappa shape index (κ2) is 10.2. The summed E-state index contributed by atoms with van der Waals surface area (Å²) in [5.74, 6) is -1.81. The average Bonchev–Trinajstić information content (AvgIpc) is 3.11. The van der Waals surface area contributed by atoms with E-state index in [-0.39, 0.29) is 24.0 Å². The van der Waals surface area contributed by atoms with Crippen molar-refractivity contribution in [2.24, 2.45) is 5.92 Å². The number of ether oxygens (including phenoxy) is 2. The van der Waals surface area contributed by atoms with Gasteiger partial charge in [-0.15, -0.1) is 0 Å². The number of nitrogens with zero attached hydrogens (tertiary/aromatic N) is 1. The molecule has 12 heteroatoms. The first-order valence-electron chi connectivity index (χ1n) is 11.4. The van der Waals surface area contributed by atoms with Crippen LogP contribution in [-0.2, 0) is 31.4 Å². The van der Waals surface area contributed by atoms with Gasteiger partial charge in [-0.2, -0.15) is 13.2 Å². The molecule has 2 saturated heterocycles. The highest BCUT2D eigenvalue weighted by Gasteiger charge is 2.41. The number of benzene rings is 1. The summed E-state index contributed by atoms with van der Waals surface area (Å²) in [7, 11) is -1.58. The number of phenolic OH excluding ortho intramolecular Hbond substituents is 1. The molecule has 0 bridgehead atoms. The topological polar surface area (TPSA) is 88.1 Å². The van der Waals surface area contributed by atoms with Crippen molar-refractivity contribution in [2.45, 2.75) is 76.3 Å². The number of nitrogens with one attached hydrogen (secondary N) is 1. The summed E-state index contributed by atoms with van der Waals surface area (Å²) in [6.45, 7) is 9.67. The molecule has 2 N–H and O–H groups in total.